The number of tetrazole rings is 1. The smallest absolute Gasteiger partial charge is 0.353 e. The van der Waals surface area contributed by atoms with Crippen LogP contribution in [0.15, 0.2) is 16.9 Å². The molecule has 4 aliphatic rings. The largest absolute Gasteiger partial charge is 0.477 e. The third-order valence-corrected chi connectivity index (χ3v) is 10.0. The van der Waals surface area contributed by atoms with E-state index in [2.05, 4.69) is 26.2 Å². The van der Waals surface area contributed by atoms with E-state index >= 15 is 0 Å². The Morgan fingerprint density at radius 2 is 1.91 bits per heavy atom. The highest BCUT2D eigenvalue weighted by atomic mass is 32.2. The number of carboxylic acid groups (broad SMARTS) is 1. The zero-order valence-corrected chi connectivity index (χ0v) is 24.6. The number of aromatic nitrogens is 4. The lowest BCUT2D eigenvalue weighted by atomic mass is 9.78. The molecule has 3 saturated heterocycles. The van der Waals surface area contributed by atoms with Crippen molar-refractivity contribution in [3.05, 3.63) is 16.9 Å². The lowest BCUT2D eigenvalue weighted by molar-refractivity contribution is -0.158. The van der Waals surface area contributed by atoms with Crippen molar-refractivity contribution in [3.8, 4) is 0 Å². The van der Waals surface area contributed by atoms with Crippen molar-refractivity contribution in [3.63, 3.8) is 0 Å². The second-order valence-corrected chi connectivity index (χ2v) is 12.6. The molecule has 4 amide bonds. The molecule has 1 aromatic rings. The van der Waals surface area contributed by atoms with E-state index in [4.69, 9.17) is 10.8 Å². The molecule has 0 saturated carbocycles. The molecular weight excluding hydrogens is 584 g/mol. The molecule has 0 unspecified atom stereocenters. The summed E-state index contributed by atoms with van der Waals surface area (Å²) in [5, 5.41) is 35.8. The lowest BCUT2D eigenvalue weighted by Crippen LogP contribution is -2.66. The average molecular weight is 621 g/mol. The van der Waals surface area contributed by atoms with Gasteiger partial charge in [-0.05, 0) is 23.8 Å². The SMILES string of the molecule is C[C@@H](NC(=O)Cn1cnnn1)[C@H]1C(=O)N2C(C(=O)O)=C(S[C@@H]3CN[C@H](C(=O)N4CCN(C(=O)[C@@H](N)CO)CC4)C3)[C@H](C)[C@H]12. The minimum atomic E-state index is -1.19. The highest BCUT2D eigenvalue weighted by Gasteiger charge is 2.60. The average Bonchev–Trinajstić information content (AvgIpc) is 3.72. The van der Waals surface area contributed by atoms with Crippen LogP contribution in [0.3, 0.4) is 0 Å². The molecule has 7 atom stereocenters. The lowest BCUT2D eigenvalue weighted by Gasteiger charge is -2.47. The van der Waals surface area contributed by atoms with Gasteiger partial charge in [-0.25, -0.2) is 9.48 Å². The number of amides is 4. The third kappa shape index (κ3) is 5.96. The van der Waals surface area contributed by atoms with Crippen molar-refractivity contribution in [2.75, 3.05) is 39.3 Å². The number of aliphatic hydroxyl groups excluding tert-OH is 1. The summed E-state index contributed by atoms with van der Waals surface area (Å²) in [5.74, 6) is -3.20. The first-order valence-electron chi connectivity index (χ1n) is 14.2. The predicted molar refractivity (Wildman–Crippen MR) is 149 cm³/mol. The van der Waals surface area contributed by atoms with Gasteiger partial charge in [-0.1, -0.05) is 6.92 Å². The molecule has 4 aliphatic heterocycles. The number of rotatable bonds is 10. The minimum absolute atomic E-state index is 0.0346. The fourth-order valence-corrected chi connectivity index (χ4v) is 7.81. The number of aliphatic carboxylic acids is 1. The van der Waals surface area contributed by atoms with Crippen molar-refractivity contribution in [1.82, 2.24) is 45.5 Å². The summed E-state index contributed by atoms with van der Waals surface area (Å²) in [6, 6.07) is -2.37. The number of thioether (sulfide) groups is 1. The van der Waals surface area contributed by atoms with Crippen LogP contribution >= 0.6 is 11.8 Å². The van der Waals surface area contributed by atoms with Crippen LogP contribution in [0.25, 0.3) is 0 Å². The van der Waals surface area contributed by atoms with Crippen molar-refractivity contribution in [1.29, 1.82) is 0 Å². The molecule has 0 spiro atoms. The molecule has 5 heterocycles. The molecule has 5 rings (SSSR count). The second kappa shape index (κ2) is 12.6. The molecule has 0 bridgehead atoms. The zero-order valence-electron chi connectivity index (χ0n) is 23.8. The van der Waals surface area contributed by atoms with E-state index in [1.54, 1.807) is 16.7 Å². The number of hydrogen-bond acceptors (Lipinski definition) is 12. The Hall–Kier alpha value is -3.61. The Morgan fingerprint density at radius 1 is 1.21 bits per heavy atom. The van der Waals surface area contributed by atoms with Crippen LogP contribution in [0, 0.1) is 11.8 Å². The fourth-order valence-electron chi connectivity index (χ4n) is 6.33. The molecule has 3 fully saturated rings. The van der Waals surface area contributed by atoms with Gasteiger partial charge in [0.05, 0.1) is 24.6 Å². The van der Waals surface area contributed by atoms with Crippen LogP contribution in [0.4, 0.5) is 0 Å². The van der Waals surface area contributed by atoms with Gasteiger partial charge in [0.25, 0.3) is 0 Å². The van der Waals surface area contributed by atoms with Crippen LogP contribution < -0.4 is 16.4 Å². The first-order chi connectivity index (χ1) is 20.5. The standard InChI is InChI=1S/C25H36N10O7S/c1-12-19-18(13(2)29-17(37)9-34-11-28-30-31-34)24(40)35(19)20(25(41)42)21(12)43-14-7-16(27-8-14)23(39)33-5-3-32(4-6-33)22(38)15(26)10-36/h11-16,18-19,27,36H,3-10,26H2,1-2H3,(H,29,37)(H,41,42)/t12-,13-,14+,15+,16+,18-,19-/m1/s1. The van der Waals surface area contributed by atoms with Crippen molar-refractivity contribution in [2.24, 2.45) is 17.6 Å². The Labute approximate surface area is 251 Å². The molecule has 18 heteroatoms. The van der Waals surface area contributed by atoms with Crippen LogP contribution in [0.5, 0.6) is 0 Å². The number of piperazine rings is 1. The summed E-state index contributed by atoms with van der Waals surface area (Å²) in [4.78, 5) is 68.6. The number of carbonyl (C=O) groups excluding carboxylic acids is 4. The molecular formula is C25H36N10O7S. The van der Waals surface area contributed by atoms with Crippen LogP contribution in [-0.2, 0) is 30.5 Å². The van der Waals surface area contributed by atoms with Crippen molar-refractivity contribution in [2.45, 2.75) is 56.2 Å². The van der Waals surface area contributed by atoms with Gasteiger partial charge < -0.3 is 41.3 Å². The van der Waals surface area contributed by atoms with Gasteiger partial charge in [-0.3, -0.25) is 19.2 Å². The quantitative estimate of drug-likeness (QED) is 0.160. The summed E-state index contributed by atoms with van der Waals surface area (Å²) in [7, 11) is 0. The molecule has 17 nitrogen and oxygen atoms in total. The molecule has 234 valence electrons. The summed E-state index contributed by atoms with van der Waals surface area (Å²) < 4.78 is 1.26. The highest BCUT2D eigenvalue weighted by Crippen LogP contribution is 2.51. The van der Waals surface area contributed by atoms with Crippen LogP contribution in [0.1, 0.15) is 20.3 Å². The van der Waals surface area contributed by atoms with Crippen molar-refractivity contribution >= 4 is 41.4 Å². The van der Waals surface area contributed by atoms with Crippen LogP contribution in [0.2, 0.25) is 0 Å². The molecule has 1 aromatic heterocycles. The first-order valence-corrected chi connectivity index (χ1v) is 15.0. The maximum absolute atomic E-state index is 13.2. The number of carbonyl (C=O) groups is 5. The monoisotopic (exact) mass is 620 g/mol. The van der Waals surface area contributed by atoms with Crippen LogP contribution in [-0.4, -0.2) is 143 Å². The molecule has 43 heavy (non-hydrogen) atoms. The molecule has 0 aliphatic carbocycles. The van der Waals surface area contributed by atoms with Crippen molar-refractivity contribution < 1.29 is 34.2 Å². The van der Waals surface area contributed by atoms with Gasteiger partial charge >= 0.3 is 5.97 Å². The van der Waals surface area contributed by atoms with E-state index in [0.717, 1.165) is 0 Å². The Balaban J connectivity index is 1.17. The summed E-state index contributed by atoms with van der Waals surface area (Å²) in [6.45, 7) is 4.93. The van der Waals surface area contributed by atoms with E-state index in [9.17, 15) is 29.1 Å². The molecule has 0 radical (unpaired) electrons. The second-order valence-electron chi connectivity index (χ2n) is 11.3. The number of nitrogens with one attached hydrogen (secondary N) is 2. The normalized spacial score (nSPS) is 28.4. The Morgan fingerprint density at radius 3 is 2.53 bits per heavy atom. The number of aliphatic hydroxyl groups is 1. The van der Waals surface area contributed by atoms with E-state index in [1.165, 1.54) is 27.7 Å². The summed E-state index contributed by atoms with van der Waals surface area (Å²) in [5.41, 5.74) is 5.60. The predicted octanol–water partition coefficient (Wildman–Crippen LogP) is -3.60. The van der Waals surface area contributed by atoms with Gasteiger partial charge in [-0.2, -0.15) is 0 Å². The summed E-state index contributed by atoms with van der Waals surface area (Å²) in [6.07, 6.45) is 1.79. The van der Waals surface area contributed by atoms with E-state index < -0.39 is 42.7 Å². The van der Waals surface area contributed by atoms with Gasteiger partial charge in [-0.15, -0.1) is 16.9 Å². The fraction of sp³-hybridized carbons (Fsp3) is 0.680. The number of carboxylic acids is 1. The van der Waals surface area contributed by atoms with Gasteiger partial charge in [0, 0.05) is 54.8 Å². The Bertz CT molecular complexity index is 1300. The Kier molecular flexibility index (Phi) is 9.00. The van der Waals surface area contributed by atoms with E-state index in [1.807, 2.05) is 6.92 Å². The number of nitrogens with zero attached hydrogens (tertiary/aromatic N) is 7. The zero-order chi connectivity index (χ0) is 31.0. The highest BCUT2D eigenvalue weighted by molar-refractivity contribution is 8.03. The molecule has 6 N–H and O–H groups in total. The van der Waals surface area contributed by atoms with Gasteiger partial charge in [0.15, 0.2) is 0 Å². The summed E-state index contributed by atoms with van der Waals surface area (Å²) >= 11 is 1.39. The topological polar surface area (TPSA) is 229 Å². The van der Waals surface area contributed by atoms with E-state index in [-0.39, 0.29) is 47.0 Å². The third-order valence-electron chi connectivity index (χ3n) is 8.51. The van der Waals surface area contributed by atoms with Gasteiger partial charge in [0.1, 0.15) is 24.6 Å². The maximum atomic E-state index is 13.2. The number of hydrogen-bond donors (Lipinski definition) is 5. The van der Waals surface area contributed by atoms with E-state index in [0.29, 0.717) is 44.0 Å². The molecule has 0 aromatic carbocycles. The maximum Gasteiger partial charge on any atom is 0.353 e. The van der Waals surface area contributed by atoms with Gasteiger partial charge in [0.2, 0.25) is 23.6 Å². The number of fused-ring (bicyclic) bond motifs is 1. The number of nitrogens with two attached hydrogens (primary N) is 1. The first kappa shape index (κ1) is 30.8. The minimum Gasteiger partial charge on any atom is -0.477 e. The number of β-lactam (4-membered cyclic amide) rings is 1.